The summed E-state index contributed by atoms with van der Waals surface area (Å²) in [7, 11) is 0. The Balaban J connectivity index is 1.71. The summed E-state index contributed by atoms with van der Waals surface area (Å²) in [5.74, 6) is 0.137. The van der Waals surface area contributed by atoms with Gasteiger partial charge in [0.25, 0.3) is 5.91 Å². The van der Waals surface area contributed by atoms with E-state index in [0.717, 1.165) is 4.68 Å². The van der Waals surface area contributed by atoms with Crippen molar-refractivity contribution >= 4 is 40.0 Å². The van der Waals surface area contributed by atoms with Crippen molar-refractivity contribution in [2.24, 2.45) is 0 Å². The first kappa shape index (κ1) is 21.3. The minimum atomic E-state index is -4.50. The van der Waals surface area contributed by atoms with Crippen LogP contribution in [0.3, 0.4) is 0 Å². The fraction of sp³-hybridized carbons (Fsp3) is 0.368. The molecule has 1 amide bonds. The Kier molecular flexibility index (Phi) is 5.96. The van der Waals surface area contributed by atoms with E-state index in [-0.39, 0.29) is 22.9 Å². The van der Waals surface area contributed by atoms with Crippen molar-refractivity contribution in [3.63, 3.8) is 0 Å². The summed E-state index contributed by atoms with van der Waals surface area (Å²) in [6.07, 6.45) is -1.07. The van der Waals surface area contributed by atoms with Crippen molar-refractivity contribution < 1.29 is 22.7 Å². The van der Waals surface area contributed by atoms with Crippen molar-refractivity contribution in [1.82, 2.24) is 24.6 Å². The molecule has 1 fully saturated rings. The van der Waals surface area contributed by atoms with Crippen LogP contribution in [0, 0.1) is 0 Å². The zero-order valence-electron chi connectivity index (χ0n) is 16.2. The van der Waals surface area contributed by atoms with Gasteiger partial charge in [-0.2, -0.15) is 18.3 Å². The molecule has 12 heteroatoms. The van der Waals surface area contributed by atoms with Crippen LogP contribution in [0.2, 0.25) is 5.02 Å². The molecule has 0 aliphatic carbocycles. The number of anilines is 2. The van der Waals surface area contributed by atoms with Crippen LogP contribution in [-0.4, -0.2) is 63.0 Å². The van der Waals surface area contributed by atoms with Gasteiger partial charge in [-0.05, 0) is 24.6 Å². The third-order valence-electron chi connectivity index (χ3n) is 4.67. The molecule has 0 saturated carbocycles. The Morgan fingerprint density at radius 1 is 1.19 bits per heavy atom. The molecule has 31 heavy (non-hydrogen) atoms. The first-order valence-corrected chi connectivity index (χ1v) is 9.87. The molecule has 164 valence electrons. The minimum absolute atomic E-state index is 0.0499. The van der Waals surface area contributed by atoms with Gasteiger partial charge < -0.3 is 15.0 Å². The van der Waals surface area contributed by atoms with E-state index in [1.54, 1.807) is 17.0 Å². The maximum Gasteiger partial charge on any atom is 0.408 e. The average molecular weight is 455 g/mol. The van der Waals surface area contributed by atoms with E-state index < -0.39 is 12.7 Å². The molecular weight excluding hydrogens is 437 g/mol. The number of fused-ring (bicyclic) bond motifs is 1. The maximum atomic E-state index is 13.1. The zero-order chi connectivity index (χ0) is 22.0. The van der Waals surface area contributed by atoms with E-state index in [0.29, 0.717) is 49.0 Å². The van der Waals surface area contributed by atoms with E-state index in [9.17, 15) is 18.0 Å². The first-order valence-electron chi connectivity index (χ1n) is 9.49. The predicted octanol–water partition coefficient (Wildman–Crippen LogP) is 3.65. The lowest BCUT2D eigenvalue weighted by Gasteiger charge is -2.19. The lowest BCUT2D eigenvalue weighted by atomic mass is 10.2. The Morgan fingerprint density at radius 3 is 2.77 bits per heavy atom. The molecule has 1 N–H and O–H groups in total. The molecule has 1 aliphatic rings. The topological polar surface area (TPSA) is 85.2 Å². The number of nitrogens with one attached hydrogen (secondary N) is 1. The van der Waals surface area contributed by atoms with Gasteiger partial charge in [0, 0.05) is 32.1 Å². The highest BCUT2D eigenvalue weighted by Crippen LogP contribution is 2.28. The number of hydrogen-bond acceptors (Lipinski definition) is 6. The van der Waals surface area contributed by atoms with Crippen LogP contribution in [0.15, 0.2) is 30.6 Å². The molecular formula is C19H18ClF3N6O2. The predicted molar refractivity (Wildman–Crippen MR) is 107 cm³/mol. The Morgan fingerprint density at radius 2 is 2.03 bits per heavy atom. The number of amides is 1. The molecule has 0 radical (unpaired) electrons. The molecule has 4 heterocycles. The highest BCUT2D eigenvalue weighted by molar-refractivity contribution is 6.30. The summed E-state index contributed by atoms with van der Waals surface area (Å²) in [6, 6.07) is 4.50. The molecule has 0 spiro atoms. The summed E-state index contributed by atoms with van der Waals surface area (Å²) in [6.45, 7) is 0.545. The summed E-state index contributed by atoms with van der Waals surface area (Å²) in [5.41, 5.74) is 0.187. The molecule has 1 saturated heterocycles. The maximum absolute atomic E-state index is 13.1. The van der Waals surface area contributed by atoms with Gasteiger partial charge >= 0.3 is 6.18 Å². The average Bonchev–Trinajstić information content (AvgIpc) is 2.90. The molecule has 0 atom stereocenters. The van der Waals surface area contributed by atoms with Crippen molar-refractivity contribution in [2.45, 2.75) is 19.1 Å². The van der Waals surface area contributed by atoms with E-state index in [4.69, 9.17) is 16.3 Å². The number of ether oxygens (including phenoxy) is 1. The molecule has 3 aromatic rings. The fourth-order valence-electron chi connectivity index (χ4n) is 3.25. The summed E-state index contributed by atoms with van der Waals surface area (Å²) < 4.78 is 45.5. The van der Waals surface area contributed by atoms with Gasteiger partial charge in [-0.15, -0.1) is 0 Å². The highest BCUT2D eigenvalue weighted by Gasteiger charge is 2.30. The van der Waals surface area contributed by atoms with Crippen LogP contribution in [0.5, 0.6) is 0 Å². The lowest BCUT2D eigenvalue weighted by Crippen LogP contribution is -2.33. The van der Waals surface area contributed by atoms with Crippen LogP contribution in [0.4, 0.5) is 24.8 Å². The minimum Gasteiger partial charge on any atom is -0.380 e. The van der Waals surface area contributed by atoms with Gasteiger partial charge in [0.15, 0.2) is 5.82 Å². The van der Waals surface area contributed by atoms with Gasteiger partial charge in [-0.1, -0.05) is 11.6 Å². The number of nitrogens with zero attached hydrogens (tertiary/aromatic N) is 5. The quantitative estimate of drug-likeness (QED) is 0.647. The number of rotatable bonds is 4. The number of hydrogen-bond donors (Lipinski definition) is 1. The summed E-state index contributed by atoms with van der Waals surface area (Å²) in [4.78, 5) is 22.7. The second-order valence-corrected chi connectivity index (χ2v) is 7.39. The van der Waals surface area contributed by atoms with E-state index >= 15 is 0 Å². The SMILES string of the molecule is O=C(c1cc2c(cn1)c(Nc1ccc(Cl)cn1)nn2CC(F)(F)F)N1CCCOCC1. The van der Waals surface area contributed by atoms with Crippen molar-refractivity contribution in [1.29, 1.82) is 0 Å². The summed E-state index contributed by atoms with van der Waals surface area (Å²) in [5, 5.41) is 7.68. The molecule has 4 rings (SSSR count). The third kappa shape index (κ3) is 5.05. The number of aromatic nitrogens is 4. The van der Waals surface area contributed by atoms with Crippen molar-refractivity contribution in [2.75, 3.05) is 31.6 Å². The Bertz CT molecular complexity index is 1080. The van der Waals surface area contributed by atoms with E-state index in [1.165, 1.54) is 18.5 Å². The first-order chi connectivity index (χ1) is 14.8. The number of pyridine rings is 2. The fourth-order valence-corrected chi connectivity index (χ4v) is 3.36. The standard InChI is InChI=1S/C19H18ClF3N6O2/c20-12-2-3-16(25-9-12)26-17-13-10-24-14(18(30)28-4-1-6-31-7-5-28)8-15(13)29(27-17)11-19(21,22)23/h2-3,8-10H,1,4-7,11H2,(H,25,26,27). The van der Waals surface area contributed by atoms with Crippen LogP contribution >= 0.6 is 11.6 Å². The Labute approximate surface area is 180 Å². The van der Waals surface area contributed by atoms with E-state index in [1.807, 2.05) is 0 Å². The van der Waals surface area contributed by atoms with Gasteiger partial charge in [0.05, 0.1) is 22.5 Å². The second-order valence-electron chi connectivity index (χ2n) is 6.95. The molecule has 1 aliphatic heterocycles. The highest BCUT2D eigenvalue weighted by atomic mass is 35.5. The number of carbonyl (C=O) groups excluding carboxylic acids is 1. The molecule has 8 nitrogen and oxygen atoms in total. The van der Waals surface area contributed by atoms with Gasteiger partial charge in [0.1, 0.15) is 18.1 Å². The number of halogens is 4. The summed E-state index contributed by atoms with van der Waals surface area (Å²) >= 11 is 5.82. The normalized spacial score (nSPS) is 15.2. The van der Waals surface area contributed by atoms with Crippen molar-refractivity contribution in [3.8, 4) is 0 Å². The smallest absolute Gasteiger partial charge is 0.380 e. The monoisotopic (exact) mass is 454 g/mol. The molecule has 3 aromatic heterocycles. The zero-order valence-corrected chi connectivity index (χ0v) is 16.9. The largest absolute Gasteiger partial charge is 0.408 e. The number of carbonyl (C=O) groups is 1. The van der Waals surface area contributed by atoms with Crippen LogP contribution < -0.4 is 5.32 Å². The molecule has 0 unspecified atom stereocenters. The van der Waals surface area contributed by atoms with Crippen LogP contribution in [-0.2, 0) is 11.3 Å². The third-order valence-corrected chi connectivity index (χ3v) is 4.89. The second kappa shape index (κ2) is 8.67. The molecule has 0 aromatic carbocycles. The number of alkyl halides is 3. The lowest BCUT2D eigenvalue weighted by molar-refractivity contribution is -0.141. The van der Waals surface area contributed by atoms with Gasteiger partial charge in [-0.25, -0.2) is 4.98 Å². The van der Waals surface area contributed by atoms with Crippen LogP contribution in [0.1, 0.15) is 16.9 Å². The van der Waals surface area contributed by atoms with Crippen LogP contribution in [0.25, 0.3) is 10.9 Å². The van der Waals surface area contributed by atoms with Crippen molar-refractivity contribution in [3.05, 3.63) is 41.3 Å². The van der Waals surface area contributed by atoms with Gasteiger partial charge in [-0.3, -0.25) is 14.5 Å². The Hall–Kier alpha value is -2.92. The van der Waals surface area contributed by atoms with Gasteiger partial charge in [0.2, 0.25) is 0 Å². The van der Waals surface area contributed by atoms with E-state index in [2.05, 4.69) is 20.4 Å². The molecule has 0 bridgehead atoms.